The van der Waals surface area contributed by atoms with E-state index >= 15 is 0 Å². The molecule has 25 heavy (non-hydrogen) atoms. The average Bonchev–Trinajstić information content (AvgIpc) is 2.64. The van der Waals surface area contributed by atoms with Gasteiger partial charge in [-0.25, -0.2) is 0 Å². The van der Waals surface area contributed by atoms with Gasteiger partial charge in [-0.2, -0.15) is 0 Å². The van der Waals surface area contributed by atoms with Gasteiger partial charge in [0.1, 0.15) is 11.5 Å². The van der Waals surface area contributed by atoms with E-state index in [0.717, 1.165) is 36.6 Å². The van der Waals surface area contributed by atoms with Crippen LogP contribution in [0.2, 0.25) is 0 Å². The van der Waals surface area contributed by atoms with Crippen molar-refractivity contribution in [1.29, 1.82) is 0 Å². The molecule has 3 rings (SSSR count). The highest BCUT2D eigenvalue weighted by molar-refractivity contribution is 7.80. The summed E-state index contributed by atoms with van der Waals surface area (Å²) in [6.07, 6.45) is 1.75. The van der Waals surface area contributed by atoms with Crippen molar-refractivity contribution < 1.29 is 9.53 Å². The highest BCUT2D eigenvalue weighted by Gasteiger charge is 2.25. The third-order valence-corrected chi connectivity index (χ3v) is 4.56. The van der Waals surface area contributed by atoms with Crippen molar-refractivity contribution >= 4 is 28.9 Å². The number of thiocarbonyl (C=S) groups is 1. The second-order valence-corrected chi connectivity index (χ2v) is 6.44. The number of nitrogens with two attached hydrogens (primary N) is 1. The van der Waals surface area contributed by atoms with E-state index in [1.54, 1.807) is 0 Å². The van der Waals surface area contributed by atoms with Crippen molar-refractivity contribution in [3.63, 3.8) is 0 Å². The molecule has 0 aromatic heterocycles. The Morgan fingerprint density at radius 1 is 1.12 bits per heavy atom. The zero-order chi connectivity index (χ0) is 17.6. The molecule has 0 radical (unpaired) electrons. The monoisotopic (exact) mass is 355 g/mol. The second kappa shape index (κ2) is 7.98. The predicted octanol–water partition coefficient (Wildman–Crippen LogP) is 3.37. The van der Waals surface area contributed by atoms with Gasteiger partial charge >= 0.3 is 0 Å². The van der Waals surface area contributed by atoms with Crippen LogP contribution in [0.4, 0.5) is 5.69 Å². The molecule has 1 aliphatic heterocycles. The number of likely N-dealkylation sites (tertiary alicyclic amines) is 1. The van der Waals surface area contributed by atoms with Crippen LogP contribution in [0.15, 0.2) is 54.6 Å². The van der Waals surface area contributed by atoms with Gasteiger partial charge in [0.25, 0.3) is 0 Å². The Bertz CT molecular complexity index is 734. The largest absolute Gasteiger partial charge is 0.457 e. The Labute approximate surface area is 152 Å². The van der Waals surface area contributed by atoms with Crippen molar-refractivity contribution in [2.45, 2.75) is 12.8 Å². The lowest BCUT2D eigenvalue weighted by Crippen LogP contribution is -2.45. The minimum atomic E-state index is -0.255. The van der Waals surface area contributed by atoms with Crippen LogP contribution in [0, 0.1) is 5.92 Å². The summed E-state index contributed by atoms with van der Waals surface area (Å²) in [5.74, 6) is 1.17. The van der Waals surface area contributed by atoms with Crippen LogP contribution in [0.25, 0.3) is 0 Å². The van der Waals surface area contributed by atoms with Gasteiger partial charge in [0.05, 0.1) is 5.92 Å². The Morgan fingerprint density at radius 2 is 1.80 bits per heavy atom. The lowest BCUT2D eigenvalue weighted by atomic mass is 9.98. The molecule has 5 nitrogen and oxygen atoms in total. The summed E-state index contributed by atoms with van der Waals surface area (Å²) in [7, 11) is 0. The molecule has 1 amide bonds. The molecule has 6 heteroatoms. The van der Waals surface area contributed by atoms with Gasteiger partial charge in [0.15, 0.2) is 5.11 Å². The van der Waals surface area contributed by atoms with Crippen LogP contribution in [0.5, 0.6) is 11.5 Å². The number of hydrogen-bond acceptors (Lipinski definition) is 3. The van der Waals surface area contributed by atoms with Gasteiger partial charge in [0, 0.05) is 18.8 Å². The number of piperidine rings is 1. The van der Waals surface area contributed by atoms with E-state index in [9.17, 15) is 4.79 Å². The second-order valence-electron chi connectivity index (χ2n) is 6.06. The van der Waals surface area contributed by atoms with Crippen molar-refractivity contribution in [3.05, 3.63) is 54.6 Å². The Hall–Kier alpha value is -2.60. The summed E-state index contributed by atoms with van der Waals surface area (Å²) in [6.45, 7) is 1.42. The molecule has 2 aromatic carbocycles. The smallest absolute Gasteiger partial charge is 0.222 e. The normalized spacial score (nSPS) is 17.0. The predicted molar refractivity (Wildman–Crippen MR) is 103 cm³/mol. The number of amides is 1. The first-order chi connectivity index (χ1) is 12.1. The number of nitrogens with zero attached hydrogens (tertiary/aromatic N) is 1. The van der Waals surface area contributed by atoms with Gasteiger partial charge < -0.3 is 20.7 Å². The highest BCUT2D eigenvalue weighted by Crippen LogP contribution is 2.23. The SMILES string of the molecule is NC(=O)C1CCCN(C(=S)Nc2ccc(Oc3ccccc3)cc2)C1. The molecule has 1 fully saturated rings. The number of nitrogens with one attached hydrogen (secondary N) is 1. The number of benzene rings is 2. The number of carbonyl (C=O) groups is 1. The summed E-state index contributed by atoms with van der Waals surface area (Å²) in [6, 6.07) is 17.2. The molecule has 0 saturated carbocycles. The zero-order valence-electron chi connectivity index (χ0n) is 13.9. The number of rotatable bonds is 4. The Morgan fingerprint density at radius 3 is 2.48 bits per heavy atom. The number of primary amides is 1. The molecular formula is C19H21N3O2S. The van der Waals surface area contributed by atoms with Crippen LogP contribution >= 0.6 is 12.2 Å². The van der Waals surface area contributed by atoms with Gasteiger partial charge in [-0.1, -0.05) is 18.2 Å². The first-order valence-electron chi connectivity index (χ1n) is 8.30. The first kappa shape index (κ1) is 17.2. The molecule has 1 atom stereocenters. The zero-order valence-corrected chi connectivity index (χ0v) is 14.7. The maximum absolute atomic E-state index is 11.4. The van der Waals surface area contributed by atoms with E-state index in [4.69, 9.17) is 22.7 Å². The topological polar surface area (TPSA) is 67.6 Å². The number of carbonyl (C=O) groups excluding carboxylic acids is 1. The average molecular weight is 355 g/mol. The highest BCUT2D eigenvalue weighted by atomic mass is 32.1. The fourth-order valence-corrected chi connectivity index (χ4v) is 3.11. The molecule has 130 valence electrons. The van der Waals surface area contributed by atoms with Gasteiger partial charge in [0.2, 0.25) is 5.91 Å². The van der Waals surface area contributed by atoms with E-state index in [1.807, 2.05) is 59.5 Å². The summed E-state index contributed by atoms with van der Waals surface area (Å²) >= 11 is 5.46. The number of hydrogen-bond donors (Lipinski definition) is 2. The summed E-state index contributed by atoms with van der Waals surface area (Å²) in [5.41, 5.74) is 6.30. The summed E-state index contributed by atoms with van der Waals surface area (Å²) in [5, 5.41) is 3.83. The lowest BCUT2D eigenvalue weighted by molar-refractivity contribution is -0.122. The third kappa shape index (κ3) is 4.70. The molecule has 1 saturated heterocycles. The van der Waals surface area contributed by atoms with Crippen LogP contribution in [0.1, 0.15) is 12.8 Å². The molecule has 0 bridgehead atoms. The molecule has 0 spiro atoms. The molecule has 1 aliphatic rings. The number of para-hydroxylation sites is 1. The van der Waals surface area contributed by atoms with Crippen LogP contribution in [0.3, 0.4) is 0 Å². The summed E-state index contributed by atoms with van der Waals surface area (Å²) in [4.78, 5) is 13.4. The maximum Gasteiger partial charge on any atom is 0.222 e. The maximum atomic E-state index is 11.4. The fraction of sp³-hybridized carbons (Fsp3) is 0.263. The van der Waals surface area contributed by atoms with E-state index in [2.05, 4.69) is 5.32 Å². The van der Waals surface area contributed by atoms with E-state index < -0.39 is 0 Å². The minimum Gasteiger partial charge on any atom is -0.457 e. The molecule has 1 heterocycles. The third-order valence-electron chi connectivity index (χ3n) is 4.20. The molecule has 0 aliphatic carbocycles. The van der Waals surface area contributed by atoms with Crippen molar-refractivity contribution in [1.82, 2.24) is 4.90 Å². The standard InChI is InChI=1S/C19H21N3O2S/c20-18(23)14-5-4-12-22(13-14)19(25)21-15-8-10-17(11-9-15)24-16-6-2-1-3-7-16/h1-3,6-11,14H,4-5,12-13H2,(H2,20,23)(H,21,25). The molecular weight excluding hydrogens is 334 g/mol. The van der Waals surface area contributed by atoms with Gasteiger partial charge in [-0.3, -0.25) is 4.79 Å². The van der Waals surface area contributed by atoms with Crippen molar-refractivity contribution in [2.24, 2.45) is 11.7 Å². The van der Waals surface area contributed by atoms with Gasteiger partial charge in [-0.15, -0.1) is 0 Å². The van der Waals surface area contributed by atoms with E-state index in [-0.39, 0.29) is 11.8 Å². The summed E-state index contributed by atoms with van der Waals surface area (Å²) < 4.78 is 5.77. The van der Waals surface area contributed by atoms with Crippen LogP contribution in [-0.2, 0) is 4.79 Å². The Balaban J connectivity index is 1.57. The first-order valence-corrected chi connectivity index (χ1v) is 8.71. The lowest BCUT2D eigenvalue weighted by Gasteiger charge is -2.33. The minimum absolute atomic E-state index is 0.129. The van der Waals surface area contributed by atoms with E-state index in [1.165, 1.54) is 0 Å². The van der Waals surface area contributed by atoms with Gasteiger partial charge in [-0.05, 0) is 61.5 Å². The van der Waals surface area contributed by atoms with Crippen molar-refractivity contribution in [2.75, 3.05) is 18.4 Å². The number of ether oxygens (including phenoxy) is 1. The number of anilines is 1. The fourth-order valence-electron chi connectivity index (χ4n) is 2.83. The quantitative estimate of drug-likeness (QED) is 0.823. The van der Waals surface area contributed by atoms with Crippen LogP contribution < -0.4 is 15.8 Å². The molecule has 2 aromatic rings. The molecule has 3 N–H and O–H groups in total. The van der Waals surface area contributed by atoms with E-state index in [0.29, 0.717) is 11.7 Å². The molecule has 1 unspecified atom stereocenters. The van der Waals surface area contributed by atoms with Crippen LogP contribution in [-0.4, -0.2) is 29.0 Å². The van der Waals surface area contributed by atoms with Crippen molar-refractivity contribution in [3.8, 4) is 11.5 Å². The Kier molecular flexibility index (Phi) is 5.50.